The predicted molar refractivity (Wildman–Crippen MR) is 29.3 cm³/mol. The molecule has 1 spiro atoms. The largest absolute Gasteiger partial charge is 0.203 e. The van der Waals surface area contributed by atoms with Crippen LogP contribution in [0.25, 0.3) is 0 Å². The fourth-order valence-corrected chi connectivity index (χ4v) is 1.50. The summed E-state index contributed by atoms with van der Waals surface area (Å²) in [5.74, 6) is 0. The maximum atomic E-state index is 4.98. The van der Waals surface area contributed by atoms with Crippen LogP contribution < -0.4 is 0 Å². The van der Waals surface area contributed by atoms with Crippen molar-refractivity contribution in [2.45, 2.75) is 31.3 Å². The van der Waals surface area contributed by atoms with Gasteiger partial charge in [0.1, 0.15) is 12.2 Å². The van der Waals surface area contributed by atoms with Gasteiger partial charge in [-0.15, -0.1) is 0 Å². The van der Waals surface area contributed by atoms with Crippen LogP contribution in [-0.2, 0) is 14.8 Å². The maximum Gasteiger partial charge on any atom is 0.133 e. The van der Waals surface area contributed by atoms with Gasteiger partial charge in [0.25, 0.3) is 0 Å². The van der Waals surface area contributed by atoms with Gasteiger partial charge in [0, 0.05) is 0 Å². The molecule has 0 aromatic carbocycles. The maximum absolute atomic E-state index is 4.98. The summed E-state index contributed by atoms with van der Waals surface area (Å²) in [5.41, 5.74) is -0.0556. The highest BCUT2D eigenvalue weighted by Gasteiger charge is 2.41. The van der Waals surface area contributed by atoms with Crippen LogP contribution in [0.5, 0.6) is 0 Å². The minimum Gasteiger partial charge on any atom is -0.203 e. The van der Waals surface area contributed by atoms with Gasteiger partial charge in [0.2, 0.25) is 0 Å². The highest BCUT2D eigenvalue weighted by Crippen LogP contribution is 2.36. The van der Waals surface area contributed by atoms with Crippen molar-refractivity contribution in [1.29, 1.82) is 0 Å². The quantitative estimate of drug-likeness (QED) is 0.461. The van der Waals surface area contributed by atoms with E-state index in [-0.39, 0.29) is 5.60 Å². The van der Waals surface area contributed by atoms with Gasteiger partial charge in [-0.2, -0.15) is 4.89 Å². The Balaban J connectivity index is 2.04. The van der Waals surface area contributed by atoms with E-state index in [9.17, 15) is 0 Å². The van der Waals surface area contributed by atoms with Crippen molar-refractivity contribution in [3.05, 3.63) is 0 Å². The van der Waals surface area contributed by atoms with Crippen LogP contribution in [0, 0.1) is 0 Å². The van der Waals surface area contributed by atoms with Crippen molar-refractivity contribution in [3.63, 3.8) is 0 Å². The molecule has 52 valence electrons. The highest BCUT2D eigenvalue weighted by atomic mass is 17.5. The lowest BCUT2D eigenvalue weighted by molar-refractivity contribution is -0.469. The smallest absolute Gasteiger partial charge is 0.133 e. The van der Waals surface area contributed by atoms with E-state index in [0.29, 0.717) is 6.61 Å². The first-order valence-corrected chi connectivity index (χ1v) is 3.39. The first-order valence-electron chi connectivity index (χ1n) is 3.39. The molecular formula is C6H10O3. The molecule has 2 rings (SSSR count). The Bertz CT molecular complexity index is 83.4. The Morgan fingerprint density at radius 2 is 1.89 bits per heavy atom. The number of hydrogen-bond donors (Lipinski definition) is 0. The summed E-state index contributed by atoms with van der Waals surface area (Å²) in [5, 5.41) is 4.38. The zero-order valence-corrected chi connectivity index (χ0v) is 5.26. The van der Waals surface area contributed by atoms with Gasteiger partial charge in [0.15, 0.2) is 0 Å². The zero-order chi connectivity index (χ0) is 6.16. The van der Waals surface area contributed by atoms with Gasteiger partial charge < -0.3 is 0 Å². The Labute approximate surface area is 53.8 Å². The third-order valence-electron chi connectivity index (χ3n) is 2.10. The van der Waals surface area contributed by atoms with Crippen molar-refractivity contribution in [3.8, 4) is 0 Å². The minimum atomic E-state index is -0.0556. The summed E-state index contributed by atoms with van der Waals surface area (Å²) >= 11 is 0. The van der Waals surface area contributed by atoms with E-state index in [1.54, 1.807) is 0 Å². The van der Waals surface area contributed by atoms with Crippen LogP contribution in [0.3, 0.4) is 0 Å². The van der Waals surface area contributed by atoms with Crippen molar-refractivity contribution in [2.75, 3.05) is 6.61 Å². The Morgan fingerprint density at radius 3 is 2.44 bits per heavy atom. The van der Waals surface area contributed by atoms with E-state index in [2.05, 4.69) is 9.93 Å². The van der Waals surface area contributed by atoms with Crippen LogP contribution in [0.2, 0.25) is 0 Å². The molecule has 1 aliphatic heterocycles. The molecule has 2 fully saturated rings. The molecule has 0 amide bonds. The fourth-order valence-electron chi connectivity index (χ4n) is 1.50. The molecule has 0 N–H and O–H groups in total. The average Bonchev–Trinajstić information content (AvgIpc) is 2.45. The molecule has 3 heteroatoms. The minimum absolute atomic E-state index is 0.0556. The predicted octanol–water partition coefficient (Wildman–Crippen LogP) is 1.19. The standard InChI is InChI=1S/C6H10O3/c1-2-4-6(3-1)5-7-9-8-6/h1-5H2. The van der Waals surface area contributed by atoms with E-state index in [0.717, 1.165) is 12.8 Å². The van der Waals surface area contributed by atoms with E-state index >= 15 is 0 Å². The molecular weight excluding hydrogens is 120 g/mol. The van der Waals surface area contributed by atoms with Gasteiger partial charge in [-0.3, -0.25) is 0 Å². The first kappa shape index (κ1) is 5.65. The lowest BCUT2D eigenvalue weighted by Crippen LogP contribution is -2.26. The van der Waals surface area contributed by atoms with Crippen LogP contribution in [-0.4, -0.2) is 12.2 Å². The molecule has 1 aliphatic carbocycles. The third kappa shape index (κ3) is 0.852. The van der Waals surface area contributed by atoms with Crippen LogP contribution in [0.15, 0.2) is 0 Å². The first-order chi connectivity index (χ1) is 4.41. The molecule has 0 aromatic heterocycles. The average molecular weight is 130 g/mol. The summed E-state index contributed by atoms with van der Waals surface area (Å²) in [6.07, 6.45) is 4.67. The fraction of sp³-hybridized carbons (Fsp3) is 1.00. The van der Waals surface area contributed by atoms with Crippen molar-refractivity contribution in [2.24, 2.45) is 0 Å². The van der Waals surface area contributed by atoms with E-state index in [1.165, 1.54) is 12.8 Å². The van der Waals surface area contributed by atoms with E-state index < -0.39 is 0 Å². The lowest BCUT2D eigenvalue weighted by Gasteiger charge is -2.13. The van der Waals surface area contributed by atoms with Crippen molar-refractivity contribution in [1.82, 2.24) is 0 Å². The van der Waals surface area contributed by atoms with Crippen molar-refractivity contribution >= 4 is 0 Å². The normalized spacial score (nSPS) is 32.0. The zero-order valence-electron chi connectivity index (χ0n) is 5.26. The molecule has 1 saturated heterocycles. The van der Waals surface area contributed by atoms with Crippen LogP contribution in [0.4, 0.5) is 0 Å². The third-order valence-corrected chi connectivity index (χ3v) is 2.10. The molecule has 1 saturated carbocycles. The highest BCUT2D eigenvalue weighted by molar-refractivity contribution is 4.85. The second kappa shape index (κ2) is 1.94. The van der Waals surface area contributed by atoms with Crippen LogP contribution in [0.1, 0.15) is 25.7 Å². The number of rotatable bonds is 0. The number of hydrogen-bond acceptors (Lipinski definition) is 3. The molecule has 0 radical (unpaired) electrons. The van der Waals surface area contributed by atoms with Gasteiger partial charge >= 0.3 is 0 Å². The Kier molecular flexibility index (Phi) is 1.22. The lowest BCUT2D eigenvalue weighted by atomic mass is 10.1. The summed E-state index contributed by atoms with van der Waals surface area (Å²) in [6, 6.07) is 0. The summed E-state index contributed by atoms with van der Waals surface area (Å²) in [6.45, 7) is 0.618. The second-order valence-electron chi connectivity index (χ2n) is 2.80. The van der Waals surface area contributed by atoms with Gasteiger partial charge in [-0.25, -0.2) is 4.89 Å². The molecule has 0 atom stereocenters. The second-order valence-corrected chi connectivity index (χ2v) is 2.80. The Hall–Kier alpha value is -0.120. The van der Waals surface area contributed by atoms with Gasteiger partial charge in [0.05, 0.1) is 0 Å². The topological polar surface area (TPSA) is 27.7 Å². The molecule has 0 bridgehead atoms. The van der Waals surface area contributed by atoms with Crippen molar-refractivity contribution < 1.29 is 14.8 Å². The molecule has 3 nitrogen and oxygen atoms in total. The monoisotopic (exact) mass is 130 g/mol. The molecule has 0 unspecified atom stereocenters. The Morgan fingerprint density at radius 1 is 1.11 bits per heavy atom. The summed E-state index contributed by atoms with van der Waals surface area (Å²) < 4.78 is 0. The molecule has 2 aliphatic rings. The molecule has 1 heterocycles. The van der Waals surface area contributed by atoms with Crippen LogP contribution >= 0.6 is 0 Å². The molecule has 0 aromatic rings. The van der Waals surface area contributed by atoms with E-state index in [1.807, 2.05) is 0 Å². The van der Waals surface area contributed by atoms with Gasteiger partial charge in [-0.05, 0) is 12.8 Å². The summed E-state index contributed by atoms with van der Waals surface area (Å²) in [4.78, 5) is 9.64. The SMILES string of the molecule is C1CCC2(C1)COOO2. The summed E-state index contributed by atoms with van der Waals surface area (Å²) in [7, 11) is 0. The van der Waals surface area contributed by atoms with Gasteiger partial charge in [-0.1, -0.05) is 17.9 Å². The van der Waals surface area contributed by atoms with E-state index in [4.69, 9.17) is 4.89 Å². The molecule has 9 heavy (non-hydrogen) atoms.